The van der Waals surface area contributed by atoms with Crippen LogP contribution < -0.4 is 5.32 Å². The van der Waals surface area contributed by atoms with E-state index in [0.717, 1.165) is 15.8 Å². The maximum atomic E-state index is 12.6. The Kier molecular flexibility index (Phi) is 4.47. The van der Waals surface area contributed by atoms with E-state index in [1.807, 2.05) is 25.1 Å². The predicted molar refractivity (Wildman–Crippen MR) is 104 cm³/mol. The lowest BCUT2D eigenvalue weighted by atomic mass is 10.1. The number of thiazole rings is 1. The first-order chi connectivity index (χ1) is 12.8. The summed E-state index contributed by atoms with van der Waals surface area (Å²) in [6.07, 6.45) is 0.718. The van der Waals surface area contributed by atoms with Crippen LogP contribution in [0.4, 0.5) is 5.13 Å². The fraction of sp³-hybridized carbons (Fsp3) is 0.412. The third kappa shape index (κ3) is 3.59. The fourth-order valence-corrected chi connectivity index (χ4v) is 5.93. The van der Waals surface area contributed by atoms with Crippen LogP contribution in [-0.4, -0.2) is 53.5 Å². The maximum Gasteiger partial charge on any atom is 0.273 e. The first kappa shape index (κ1) is 18.1. The second kappa shape index (κ2) is 6.68. The normalized spacial score (nSPS) is 22.1. The number of aryl methyl sites for hydroxylation is 1. The van der Waals surface area contributed by atoms with Gasteiger partial charge in [-0.15, -0.1) is 0 Å². The van der Waals surface area contributed by atoms with Crippen LogP contribution in [0.2, 0.25) is 0 Å². The number of amides is 2. The van der Waals surface area contributed by atoms with Crippen LogP contribution in [0.3, 0.4) is 0 Å². The van der Waals surface area contributed by atoms with Crippen molar-refractivity contribution in [2.75, 3.05) is 16.8 Å². The van der Waals surface area contributed by atoms with E-state index in [2.05, 4.69) is 15.4 Å². The van der Waals surface area contributed by atoms with Gasteiger partial charge in [-0.3, -0.25) is 14.9 Å². The van der Waals surface area contributed by atoms with Crippen molar-refractivity contribution in [3.8, 4) is 0 Å². The second-order valence-corrected chi connectivity index (χ2v) is 10.00. The molecule has 0 saturated carbocycles. The molecule has 1 aromatic heterocycles. The third-order valence-corrected chi connectivity index (χ3v) is 7.40. The highest BCUT2D eigenvalue weighted by molar-refractivity contribution is 7.91. The molecular formula is C17H18N4O4S2. The molecule has 1 N–H and O–H groups in total. The molecule has 0 aliphatic carbocycles. The Morgan fingerprint density at radius 3 is 2.85 bits per heavy atom. The van der Waals surface area contributed by atoms with Gasteiger partial charge in [-0.2, -0.15) is 5.10 Å². The van der Waals surface area contributed by atoms with E-state index < -0.39 is 21.8 Å². The van der Waals surface area contributed by atoms with Crippen molar-refractivity contribution in [1.82, 2.24) is 9.99 Å². The van der Waals surface area contributed by atoms with Crippen LogP contribution in [-0.2, 0) is 19.4 Å². The Bertz CT molecular complexity index is 1070. The Morgan fingerprint density at radius 1 is 1.33 bits per heavy atom. The van der Waals surface area contributed by atoms with Gasteiger partial charge in [0, 0.05) is 12.8 Å². The van der Waals surface area contributed by atoms with Crippen LogP contribution in [0.25, 0.3) is 10.2 Å². The number of nitrogens with one attached hydrogen (secondary N) is 1. The van der Waals surface area contributed by atoms with Gasteiger partial charge in [0.1, 0.15) is 5.71 Å². The number of aromatic nitrogens is 1. The van der Waals surface area contributed by atoms with Crippen LogP contribution in [0.15, 0.2) is 23.3 Å². The molecule has 8 nitrogen and oxygen atoms in total. The lowest BCUT2D eigenvalue weighted by molar-refractivity contribution is -0.133. The summed E-state index contributed by atoms with van der Waals surface area (Å²) in [5.74, 6) is -0.716. The largest absolute Gasteiger partial charge is 0.297 e. The smallest absolute Gasteiger partial charge is 0.273 e. The molecule has 0 spiro atoms. The molecule has 1 atom stereocenters. The molecule has 27 heavy (non-hydrogen) atoms. The van der Waals surface area contributed by atoms with Crippen LogP contribution in [0.5, 0.6) is 0 Å². The van der Waals surface area contributed by atoms with Gasteiger partial charge in [0.05, 0.1) is 27.8 Å². The number of benzene rings is 1. The van der Waals surface area contributed by atoms with E-state index in [-0.39, 0.29) is 36.0 Å². The number of hydrogen-bond donors (Lipinski definition) is 1. The fourth-order valence-electron chi connectivity index (χ4n) is 3.30. The summed E-state index contributed by atoms with van der Waals surface area (Å²) in [6, 6.07) is 5.34. The standard InChI is InChI=1S/C17H18N4O4S2/c1-10-3-2-4-13-15(10)18-17(26-13)19-16(23)12-5-6-14(22)21(20-12)11-7-8-27(24,25)9-11/h2-4,11H,5-9H2,1H3,(H,18,19,23)/t11-/m0/s1. The lowest BCUT2D eigenvalue weighted by Crippen LogP contribution is -2.42. The monoisotopic (exact) mass is 406 g/mol. The molecule has 2 aliphatic rings. The van der Waals surface area contributed by atoms with Crippen molar-refractivity contribution in [1.29, 1.82) is 0 Å². The molecule has 3 heterocycles. The van der Waals surface area contributed by atoms with Crippen molar-refractivity contribution < 1.29 is 18.0 Å². The summed E-state index contributed by atoms with van der Waals surface area (Å²) < 4.78 is 24.3. The average molecular weight is 406 g/mol. The van der Waals surface area contributed by atoms with Crippen molar-refractivity contribution >= 4 is 54.0 Å². The molecule has 2 aliphatic heterocycles. The summed E-state index contributed by atoms with van der Waals surface area (Å²) in [5.41, 5.74) is 2.09. The predicted octanol–water partition coefficient (Wildman–Crippen LogP) is 1.71. The van der Waals surface area contributed by atoms with Crippen molar-refractivity contribution in [3.63, 3.8) is 0 Å². The molecule has 1 aromatic carbocycles. The number of nitrogens with zero attached hydrogens (tertiary/aromatic N) is 3. The Hall–Kier alpha value is -2.33. The molecule has 2 amide bonds. The molecule has 2 aromatic rings. The Balaban J connectivity index is 1.54. The quantitative estimate of drug-likeness (QED) is 0.835. The lowest BCUT2D eigenvalue weighted by Gasteiger charge is -2.27. The van der Waals surface area contributed by atoms with Gasteiger partial charge in [-0.05, 0) is 25.0 Å². The number of sulfone groups is 1. The maximum absolute atomic E-state index is 12.6. The Labute approximate surface area is 160 Å². The minimum Gasteiger partial charge on any atom is -0.297 e. The van der Waals surface area contributed by atoms with Gasteiger partial charge in [-0.1, -0.05) is 23.5 Å². The molecule has 1 saturated heterocycles. The molecule has 0 radical (unpaired) electrons. The van der Waals surface area contributed by atoms with Gasteiger partial charge >= 0.3 is 0 Å². The number of anilines is 1. The van der Waals surface area contributed by atoms with E-state index in [1.165, 1.54) is 16.3 Å². The number of carbonyl (C=O) groups excluding carboxylic acids is 2. The van der Waals surface area contributed by atoms with Crippen molar-refractivity contribution in [3.05, 3.63) is 23.8 Å². The zero-order valence-corrected chi connectivity index (χ0v) is 16.3. The van der Waals surface area contributed by atoms with E-state index >= 15 is 0 Å². The highest BCUT2D eigenvalue weighted by Crippen LogP contribution is 2.28. The van der Waals surface area contributed by atoms with Crippen molar-refractivity contribution in [2.45, 2.75) is 32.2 Å². The topological polar surface area (TPSA) is 109 Å². The number of para-hydroxylation sites is 1. The molecule has 142 valence electrons. The van der Waals surface area contributed by atoms with Gasteiger partial charge in [0.25, 0.3) is 5.91 Å². The summed E-state index contributed by atoms with van der Waals surface area (Å²) >= 11 is 1.37. The number of hydrazone groups is 1. The van der Waals surface area contributed by atoms with Crippen molar-refractivity contribution in [2.24, 2.45) is 5.10 Å². The third-order valence-electron chi connectivity index (χ3n) is 4.72. The van der Waals surface area contributed by atoms with Crippen LogP contribution >= 0.6 is 11.3 Å². The molecule has 1 fully saturated rings. The SMILES string of the molecule is Cc1cccc2sc(NC(=O)C3=NN([C@H]4CCS(=O)(=O)C4)C(=O)CC3)nc12. The second-order valence-electron chi connectivity index (χ2n) is 6.74. The zero-order valence-electron chi connectivity index (χ0n) is 14.6. The van der Waals surface area contributed by atoms with Gasteiger partial charge in [0.15, 0.2) is 15.0 Å². The minimum absolute atomic E-state index is 0.0452. The average Bonchev–Trinajstić information content (AvgIpc) is 3.18. The molecule has 4 rings (SSSR count). The highest BCUT2D eigenvalue weighted by atomic mass is 32.2. The number of hydrogen-bond acceptors (Lipinski definition) is 7. The number of rotatable bonds is 3. The molecule has 0 bridgehead atoms. The molecule has 0 unspecified atom stereocenters. The van der Waals surface area contributed by atoms with E-state index in [9.17, 15) is 18.0 Å². The van der Waals surface area contributed by atoms with Gasteiger partial charge in [-0.25, -0.2) is 18.4 Å². The molecular weight excluding hydrogens is 388 g/mol. The number of fused-ring (bicyclic) bond motifs is 1. The summed E-state index contributed by atoms with van der Waals surface area (Å²) in [7, 11) is -3.15. The van der Waals surface area contributed by atoms with E-state index in [4.69, 9.17) is 0 Å². The van der Waals surface area contributed by atoms with Crippen LogP contribution in [0.1, 0.15) is 24.8 Å². The molecule has 10 heteroatoms. The first-order valence-electron chi connectivity index (χ1n) is 8.60. The first-order valence-corrected chi connectivity index (χ1v) is 11.2. The number of carbonyl (C=O) groups is 2. The van der Waals surface area contributed by atoms with E-state index in [0.29, 0.717) is 11.6 Å². The van der Waals surface area contributed by atoms with Gasteiger partial charge in [0.2, 0.25) is 5.91 Å². The highest BCUT2D eigenvalue weighted by Gasteiger charge is 2.37. The zero-order chi connectivity index (χ0) is 19.2. The minimum atomic E-state index is -3.15. The van der Waals surface area contributed by atoms with Gasteiger partial charge < -0.3 is 0 Å². The summed E-state index contributed by atoms with van der Waals surface area (Å²) in [5, 5.41) is 8.59. The van der Waals surface area contributed by atoms with Crippen LogP contribution in [0, 0.1) is 6.92 Å². The summed E-state index contributed by atoms with van der Waals surface area (Å²) in [6.45, 7) is 1.96. The Morgan fingerprint density at radius 2 is 2.15 bits per heavy atom. The summed E-state index contributed by atoms with van der Waals surface area (Å²) in [4.78, 5) is 29.2. The van der Waals surface area contributed by atoms with E-state index in [1.54, 1.807) is 0 Å².